The summed E-state index contributed by atoms with van der Waals surface area (Å²) in [5.41, 5.74) is 1.35. The molecule has 2 rings (SSSR count). The highest BCUT2D eigenvalue weighted by Gasteiger charge is 2.11. The number of esters is 1. The Hall–Kier alpha value is -1.46. The molecular formula is C15H13BrO3S. The van der Waals surface area contributed by atoms with Crippen LogP contribution in [0.25, 0.3) is 0 Å². The maximum Gasteiger partial charge on any atom is 0.339 e. The molecule has 0 saturated heterocycles. The van der Waals surface area contributed by atoms with E-state index < -0.39 is 5.97 Å². The predicted octanol–water partition coefficient (Wildman–Crippen LogP) is 4.10. The second-order valence-electron chi connectivity index (χ2n) is 4.09. The first-order valence-electron chi connectivity index (χ1n) is 5.88. The Bertz CT molecular complexity index is 611. The maximum atomic E-state index is 12.0. The van der Waals surface area contributed by atoms with Crippen LogP contribution in [0.1, 0.15) is 15.9 Å². The first-order valence-corrected chi connectivity index (χ1v) is 7.13. The van der Waals surface area contributed by atoms with Crippen LogP contribution in [0.5, 0.6) is 5.75 Å². The molecule has 0 radical (unpaired) electrons. The summed E-state index contributed by atoms with van der Waals surface area (Å²) in [4.78, 5) is 12.5. The first-order chi connectivity index (χ1) is 9.60. The van der Waals surface area contributed by atoms with Crippen LogP contribution in [0.15, 0.2) is 51.8 Å². The standard InChI is InChI=1S/C15H13BrO3S/c1-18-12-5-2-10(3-6-12)9-19-15(17)13-7-4-11(16)8-14(13)20/h2-8,20H,9H2,1H3. The van der Waals surface area contributed by atoms with Crippen molar-refractivity contribution in [3.8, 4) is 5.75 Å². The zero-order valence-electron chi connectivity index (χ0n) is 10.8. The van der Waals surface area contributed by atoms with Crippen molar-refractivity contribution in [3.63, 3.8) is 0 Å². The number of hydrogen-bond donors (Lipinski definition) is 1. The van der Waals surface area contributed by atoms with E-state index in [1.807, 2.05) is 24.3 Å². The number of halogens is 1. The number of hydrogen-bond acceptors (Lipinski definition) is 4. The minimum absolute atomic E-state index is 0.214. The lowest BCUT2D eigenvalue weighted by Crippen LogP contribution is -2.06. The summed E-state index contributed by atoms with van der Waals surface area (Å²) in [6, 6.07) is 12.6. The van der Waals surface area contributed by atoms with Gasteiger partial charge in [0.15, 0.2) is 0 Å². The summed E-state index contributed by atoms with van der Waals surface area (Å²) in [7, 11) is 1.61. The Balaban J connectivity index is 2.00. The van der Waals surface area contributed by atoms with Gasteiger partial charge < -0.3 is 9.47 Å². The van der Waals surface area contributed by atoms with Crippen LogP contribution in [-0.4, -0.2) is 13.1 Å². The fourth-order valence-electron chi connectivity index (χ4n) is 1.63. The van der Waals surface area contributed by atoms with Crippen LogP contribution >= 0.6 is 28.6 Å². The highest BCUT2D eigenvalue weighted by atomic mass is 79.9. The molecule has 2 aromatic carbocycles. The Morgan fingerprint density at radius 3 is 2.50 bits per heavy atom. The van der Waals surface area contributed by atoms with E-state index in [0.29, 0.717) is 10.5 Å². The molecule has 0 aliphatic carbocycles. The smallest absolute Gasteiger partial charge is 0.339 e. The predicted molar refractivity (Wildman–Crippen MR) is 83.5 cm³/mol. The summed E-state index contributed by atoms with van der Waals surface area (Å²) < 4.78 is 11.2. The average Bonchev–Trinajstić information content (AvgIpc) is 2.45. The molecule has 0 fully saturated rings. The van der Waals surface area contributed by atoms with Crippen molar-refractivity contribution in [2.75, 3.05) is 7.11 Å². The maximum absolute atomic E-state index is 12.0. The van der Waals surface area contributed by atoms with E-state index in [4.69, 9.17) is 9.47 Å². The number of ether oxygens (including phenoxy) is 2. The number of methoxy groups -OCH3 is 1. The van der Waals surface area contributed by atoms with Crippen molar-refractivity contribution in [2.24, 2.45) is 0 Å². The summed E-state index contributed by atoms with van der Waals surface area (Å²) in [6.07, 6.45) is 0. The lowest BCUT2D eigenvalue weighted by molar-refractivity contribution is 0.0468. The van der Waals surface area contributed by atoms with Crippen molar-refractivity contribution in [1.82, 2.24) is 0 Å². The minimum Gasteiger partial charge on any atom is -0.497 e. The van der Waals surface area contributed by atoms with Crippen LogP contribution in [0.4, 0.5) is 0 Å². The number of carbonyl (C=O) groups is 1. The van der Waals surface area contributed by atoms with Gasteiger partial charge in [-0.2, -0.15) is 0 Å². The molecule has 0 saturated carbocycles. The van der Waals surface area contributed by atoms with E-state index >= 15 is 0 Å². The van der Waals surface area contributed by atoms with Crippen molar-refractivity contribution in [2.45, 2.75) is 11.5 Å². The fourth-order valence-corrected chi connectivity index (χ4v) is 2.47. The van der Waals surface area contributed by atoms with Crippen LogP contribution < -0.4 is 4.74 Å². The first kappa shape index (κ1) is 14.9. The molecule has 5 heteroatoms. The molecule has 0 aromatic heterocycles. The monoisotopic (exact) mass is 352 g/mol. The van der Waals surface area contributed by atoms with E-state index in [-0.39, 0.29) is 6.61 Å². The zero-order valence-corrected chi connectivity index (χ0v) is 13.3. The summed E-state index contributed by atoms with van der Waals surface area (Å²) in [5, 5.41) is 0. The van der Waals surface area contributed by atoms with Gasteiger partial charge in [-0.25, -0.2) is 4.79 Å². The molecule has 0 N–H and O–H groups in total. The number of rotatable bonds is 4. The molecule has 0 atom stereocenters. The highest BCUT2D eigenvalue weighted by molar-refractivity contribution is 9.10. The second kappa shape index (κ2) is 6.81. The van der Waals surface area contributed by atoms with Crippen LogP contribution in [0.3, 0.4) is 0 Å². The molecule has 0 bridgehead atoms. The van der Waals surface area contributed by atoms with E-state index in [0.717, 1.165) is 15.8 Å². The molecule has 104 valence electrons. The molecule has 0 heterocycles. The van der Waals surface area contributed by atoms with E-state index in [2.05, 4.69) is 28.6 Å². The summed E-state index contributed by atoms with van der Waals surface area (Å²) >= 11 is 7.59. The molecule has 0 unspecified atom stereocenters. The van der Waals surface area contributed by atoms with Gasteiger partial charge in [0.1, 0.15) is 12.4 Å². The third-order valence-corrected chi connectivity index (χ3v) is 3.57. The molecule has 3 nitrogen and oxygen atoms in total. The van der Waals surface area contributed by atoms with Crippen molar-refractivity contribution < 1.29 is 14.3 Å². The lowest BCUT2D eigenvalue weighted by atomic mass is 10.2. The van der Waals surface area contributed by atoms with Crippen molar-refractivity contribution >= 4 is 34.5 Å². The lowest BCUT2D eigenvalue weighted by Gasteiger charge is -2.07. The third kappa shape index (κ3) is 3.77. The van der Waals surface area contributed by atoms with Gasteiger partial charge in [-0.15, -0.1) is 12.6 Å². The second-order valence-corrected chi connectivity index (χ2v) is 5.48. The Morgan fingerprint density at radius 1 is 1.20 bits per heavy atom. The van der Waals surface area contributed by atoms with Gasteiger partial charge in [-0.3, -0.25) is 0 Å². The third-order valence-electron chi connectivity index (χ3n) is 2.71. The summed E-state index contributed by atoms with van der Waals surface area (Å²) in [5.74, 6) is 0.379. The number of carbonyl (C=O) groups excluding carboxylic acids is 1. The molecule has 0 spiro atoms. The molecule has 20 heavy (non-hydrogen) atoms. The number of benzene rings is 2. The molecule has 0 aliphatic heterocycles. The van der Waals surface area contributed by atoms with Crippen LogP contribution in [-0.2, 0) is 11.3 Å². The Morgan fingerprint density at radius 2 is 1.90 bits per heavy atom. The normalized spacial score (nSPS) is 10.2. The van der Waals surface area contributed by atoms with Gasteiger partial charge in [-0.05, 0) is 35.9 Å². The number of thiol groups is 1. The van der Waals surface area contributed by atoms with Crippen LogP contribution in [0, 0.1) is 0 Å². The van der Waals surface area contributed by atoms with E-state index in [1.54, 1.807) is 25.3 Å². The van der Waals surface area contributed by atoms with Crippen LogP contribution in [0.2, 0.25) is 0 Å². The summed E-state index contributed by atoms with van der Waals surface area (Å²) in [6.45, 7) is 0.214. The van der Waals surface area contributed by atoms with Gasteiger partial charge in [0, 0.05) is 9.37 Å². The van der Waals surface area contributed by atoms with Gasteiger partial charge >= 0.3 is 5.97 Å². The van der Waals surface area contributed by atoms with Crippen molar-refractivity contribution in [1.29, 1.82) is 0 Å². The van der Waals surface area contributed by atoms with Gasteiger partial charge in [0.2, 0.25) is 0 Å². The average molecular weight is 353 g/mol. The van der Waals surface area contributed by atoms with E-state index in [1.165, 1.54) is 0 Å². The topological polar surface area (TPSA) is 35.5 Å². The SMILES string of the molecule is COc1ccc(COC(=O)c2ccc(Br)cc2S)cc1. The highest BCUT2D eigenvalue weighted by Crippen LogP contribution is 2.21. The Kier molecular flexibility index (Phi) is 5.09. The minimum atomic E-state index is -0.390. The fraction of sp³-hybridized carbons (Fsp3) is 0.133. The molecule has 2 aromatic rings. The quantitative estimate of drug-likeness (QED) is 0.664. The Labute approximate surface area is 131 Å². The molecule has 0 aliphatic rings. The van der Waals surface area contributed by atoms with Gasteiger partial charge in [-0.1, -0.05) is 28.1 Å². The molecule has 0 amide bonds. The van der Waals surface area contributed by atoms with Gasteiger partial charge in [0.05, 0.1) is 12.7 Å². The van der Waals surface area contributed by atoms with Gasteiger partial charge in [0.25, 0.3) is 0 Å². The zero-order chi connectivity index (χ0) is 14.5. The molecular weight excluding hydrogens is 340 g/mol. The largest absolute Gasteiger partial charge is 0.497 e. The van der Waals surface area contributed by atoms with E-state index in [9.17, 15) is 4.79 Å². The van der Waals surface area contributed by atoms with Crippen molar-refractivity contribution in [3.05, 3.63) is 58.1 Å².